The van der Waals surface area contributed by atoms with Crippen molar-refractivity contribution >= 4 is 74.8 Å². The number of halogens is 2. The largest absolute Gasteiger partial charge is 0.289 e. The quantitative estimate of drug-likeness (QED) is 0.226. The van der Waals surface area contributed by atoms with Crippen molar-refractivity contribution in [2.75, 3.05) is 0 Å². The molecule has 5 aliphatic rings. The Morgan fingerprint density at radius 3 is 2.00 bits per heavy atom. The molecule has 1 amide bonds. The van der Waals surface area contributed by atoms with Gasteiger partial charge in [0.15, 0.2) is 0 Å². The third-order valence-corrected chi connectivity index (χ3v) is 11.6. The van der Waals surface area contributed by atoms with Crippen LogP contribution < -0.4 is 0 Å². The first kappa shape index (κ1) is 24.4. The van der Waals surface area contributed by atoms with Crippen LogP contribution in [0.15, 0.2) is 59.5 Å². The van der Waals surface area contributed by atoms with Crippen LogP contribution in [0, 0.1) is 23.7 Å². The molecule has 37 heavy (non-hydrogen) atoms. The van der Waals surface area contributed by atoms with Gasteiger partial charge in [0, 0.05) is 31.4 Å². The number of rotatable bonds is 4. The van der Waals surface area contributed by atoms with Gasteiger partial charge >= 0.3 is 0 Å². The summed E-state index contributed by atoms with van der Waals surface area (Å²) in [7, 11) is 0. The zero-order valence-corrected chi connectivity index (χ0v) is 24.0. The summed E-state index contributed by atoms with van der Waals surface area (Å²) in [6.07, 6.45) is 8.53. The molecule has 0 atom stereocenters. The lowest BCUT2D eigenvalue weighted by molar-refractivity contribution is -0.130. The number of nitrogens with zero attached hydrogens (tertiary/aromatic N) is 1. The molecular formula is C30H25Cl2NOS3. The lowest BCUT2D eigenvalue weighted by Gasteiger charge is -2.56. The van der Waals surface area contributed by atoms with Crippen molar-refractivity contribution in [1.29, 1.82) is 0 Å². The summed E-state index contributed by atoms with van der Waals surface area (Å²) in [6.45, 7) is 0. The zero-order valence-electron chi connectivity index (χ0n) is 20.0. The molecule has 2 heterocycles. The Morgan fingerprint density at radius 1 is 0.838 bits per heavy atom. The molecule has 4 saturated carbocycles. The van der Waals surface area contributed by atoms with E-state index in [-0.39, 0.29) is 11.9 Å². The van der Waals surface area contributed by atoms with Crippen molar-refractivity contribution in [2.45, 2.75) is 38.1 Å². The fourth-order valence-corrected chi connectivity index (χ4v) is 10.1. The molecule has 7 heteroatoms. The lowest BCUT2D eigenvalue weighted by Crippen LogP contribution is -2.57. The van der Waals surface area contributed by atoms with Crippen LogP contribution >= 0.6 is 58.5 Å². The molecule has 2 aromatic carbocycles. The van der Waals surface area contributed by atoms with Gasteiger partial charge in [0.2, 0.25) is 0 Å². The summed E-state index contributed by atoms with van der Waals surface area (Å²) < 4.78 is 0.733. The maximum Gasteiger partial charge on any atom is 0.266 e. The monoisotopic (exact) mass is 581 g/mol. The maximum absolute atomic E-state index is 13.9. The fraction of sp³-hybridized carbons (Fsp3) is 0.333. The van der Waals surface area contributed by atoms with Gasteiger partial charge in [0.25, 0.3) is 5.91 Å². The molecule has 1 saturated heterocycles. The SMILES string of the molecule is O=C1/C(=C/c2sc(-c3ccc(Cl)cc3)cc2-c2ccc(Cl)cc2)SC(=S)N1C1C2CC3CC(C2)CC1C3. The van der Waals surface area contributed by atoms with Crippen molar-refractivity contribution in [1.82, 2.24) is 4.90 Å². The van der Waals surface area contributed by atoms with E-state index in [1.807, 2.05) is 53.4 Å². The fourth-order valence-electron chi connectivity index (χ4n) is 7.30. The highest BCUT2D eigenvalue weighted by atomic mass is 35.5. The van der Waals surface area contributed by atoms with Crippen LogP contribution in [0.1, 0.15) is 37.0 Å². The second-order valence-electron chi connectivity index (χ2n) is 10.9. The minimum Gasteiger partial charge on any atom is -0.289 e. The molecule has 5 fully saturated rings. The smallest absolute Gasteiger partial charge is 0.266 e. The first-order valence-electron chi connectivity index (χ1n) is 12.9. The molecule has 0 radical (unpaired) electrons. The van der Waals surface area contributed by atoms with Gasteiger partial charge in [-0.05, 0) is 103 Å². The normalized spacial score (nSPS) is 29.6. The maximum atomic E-state index is 13.9. The lowest BCUT2D eigenvalue weighted by atomic mass is 9.54. The van der Waals surface area contributed by atoms with E-state index in [9.17, 15) is 4.79 Å². The van der Waals surface area contributed by atoms with Gasteiger partial charge < -0.3 is 0 Å². The topological polar surface area (TPSA) is 20.3 Å². The summed E-state index contributed by atoms with van der Waals surface area (Å²) in [6, 6.07) is 18.3. The van der Waals surface area contributed by atoms with Gasteiger partial charge in [0.05, 0.1) is 4.91 Å². The number of carbonyl (C=O) groups is 1. The first-order chi connectivity index (χ1) is 17.9. The summed E-state index contributed by atoms with van der Waals surface area (Å²) in [5.74, 6) is 3.05. The van der Waals surface area contributed by atoms with Gasteiger partial charge in [-0.15, -0.1) is 11.3 Å². The van der Waals surface area contributed by atoms with Crippen LogP contribution in [0.3, 0.4) is 0 Å². The van der Waals surface area contributed by atoms with Gasteiger partial charge in [-0.25, -0.2) is 0 Å². The Bertz CT molecular complexity index is 1400. The van der Waals surface area contributed by atoms with Crippen LogP contribution in [0.2, 0.25) is 10.0 Å². The third kappa shape index (κ3) is 4.41. The van der Waals surface area contributed by atoms with Gasteiger partial charge in [-0.3, -0.25) is 9.69 Å². The van der Waals surface area contributed by atoms with E-state index in [0.717, 1.165) is 47.5 Å². The van der Waals surface area contributed by atoms with Crippen LogP contribution in [0.25, 0.3) is 27.6 Å². The molecule has 8 rings (SSSR count). The number of hydrogen-bond donors (Lipinski definition) is 0. The van der Waals surface area contributed by atoms with Crippen molar-refractivity contribution in [3.63, 3.8) is 0 Å². The number of amides is 1. The molecule has 1 aliphatic heterocycles. The summed E-state index contributed by atoms with van der Waals surface area (Å²) >= 11 is 21.3. The highest BCUT2D eigenvalue weighted by Gasteiger charge is 2.53. The van der Waals surface area contributed by atoms with E-state index in [4.69, 9.17) is 35.4 Å². The van der Waals surface area contributed by atoms with Crippen LogP contribution in [0.4, 0.5) is 0 Å². The number of carbonyl (C=O) groups excluding carboxylic acids is 1. The van der Waals surface area contributed by atoms with Gasteiger partial charge in [-0.1, -0.05) is 71.4 Å². The highest BCUT2D eigenvalue weighted by molar-refractivity contribution is 8.26. The molecular weight excluding hydrogens is 557 g/mol. The van der Waals surface area contributed by atoms with Crippen LogP contribution in [-0.4, -0.2) is 21.2 Å². The van der Waals surface area contributed by atoms with Crippen LogP contribution in [-0.2, 0) is 4.79 Å². The summed E-state index contributed by atoms with van der Waals surface area (Å²) in [5.41, 5.74) is 3.26. The van der Waals surface area contributed by atoms with E-state index in [0.29, 0.717) is 21.9 Å². The van der Waals surface area contributed by atoms with E-state index in [1.54, 1.807) is 11.3 Å². The third-order valence-electron chi connectivity index (χ3n) is 8.61. The number of thioether (sulfide) groups is 1. The molecule has 0 N–H and O–H groups in total. The molecule has 1 aromatic heterocycles. The molecule has 4 bridgehead atoms. The highest BCUT2D eigenvalue weighted by Crippen LogP contribution is 2.56. The Balaban J connectivity index is 1.25. The van der Waals surface area contributed by atoms with E-state index >= 15 is 0 Å². The number of thiophene rings is 1. The molecule has 188 valence electrons. The van der Waals surface area contributed by atoms with Crippen molar-refractivity contribution in [2.24, 2.45) is 23.7 Å². The molecule has 0 unspecified atom stereocenters. The molecule has 2 nitrogen and oxygen atoms in total. The Hall–Kier alpha value is -1.63. The van der Waals surface area contributed by atoms with Crippen molar-refractivity contribution in [3.8, 4) is 21.6 Å². The Kier molecular flexibility index (Phi) is 6.29. The minimum absolute atomic E-state index is 0.0935. The van der Waals surface area contributed by atoms with E-state index < -0.39 is 0 Å². The second kappa shape index (κ2) is 9.53. The zero-order chi connectivity index (χ0) is 25.3. The Labute approximate surface area is 241 Å². The molecule has 4 aliphatic carbocycles. The number of thiocarbonyl (C=S) groups is 1. The standard InChI is InChI=1S/C30H25Cl2NOS3/c31-22-5-1-18(2-6-22)24-14-25(19-3-7-23(32)8-4-19)36-26(24)15-27-29(34)33(30(35)37-27)28-20-10-16-9-17(12-20)13-21(28)11-16/h1-8,14-17,20-21,28H,9-13H2/b27-15-. The number of hydrogen-bond acceptors (Lipinski definition) is 4. The van der Waals surface area contributed by atoms with Crippen LogP contribution in [0.5, 0.6) is 0 Å². The Morgan fingerprint density at radius 2 is 1.41 bits per heavy atom. The summed E-state index contributed by atoms with van der Waals surface area (Å²) in [4.78, 5) is 18.8. The summed E-state index contributed by atoms with van der Waals surface area (Å²) in [5, 5.41) is 1.42. The average Bonchev–Trinajstić information content (AvgIpc) is 3.41. The van der Waals surface area contributed by atoms with Crippen molar-refractivity contribution < 1.29 is 4.79 Å². The molecule has 0 spiro atoms. The predicted molar refractivity (Wildman–Crippen MR) is 161 cm³/mol. The van der Waals surface area contributed by atoms with E-state index in [2.05, 4.69) is 12.1 Å². The number of benzene rings is 2. The van der Waals surface area contributed by atoms with Gasteiger partial charge in [0.1, 0.15) is 4.32 Å². The molecule has 3 aromatic rings. The van der Waals surface area contributed by atoms with Gasteiger partial charge in [-0.2, -0.15) is 0 Å². The van der Waals surface area contributed by atoms with E-state index in [1.165, 1.54) is 43.9 Å². The second-order valence-corrected chi connectivity index (χ2v) is 14.5. The first-order valence-corrected chi connectivity index (χ1v) is 15.7. The minimum atomic E-state index is 0.0935. The predicted octanol–water partition coefficient (Wildman–Crippen LogP) is 9.41. The average molecular weight is 583 g/mol. The van der Waals surface area contributed by atoms with Crippen molar-refractivity contribution in [3.05, 3.63) is 74.4 Å².